The molecule has 0 aromatic heterocycles. The maximum Gasteiger partial charge on any atom is 0.327 e. The first-order valence-electron chi connectivity index (χ1n) is 12.3. The molecule has 208 valence electrons. The van der Waals surface area contributed by atoms with E-state index < -0.39 is 36.7 Å². The molecule has 0 saturated carbocycles. The number of alkyl halides is 2. The van der Waals surface area contributed by atoms with Gasteiger partial charge in [0.1, 0.15) is 26.8 Å². The summed E-state index contributed by atoms with van der Waals surface area (Å²) in [5.41, 5.74) is 0.483. The molecule has 0 unspecified atom stereocenters. The molecule has 2 aromatic carbocycles. The van der Waals surface area contributed by atoms with Gasteiger partial charge in [-0.3, -0.25) is 19.7 Å². The van der Waals surface area contributed by atoms with Crippen LogP contribution in [0.2, 0.25) is 0 Å². The van der Waals surface area contributed by atoms with Crippen LogP contribution in [0.1, 0.15) is 52.7 Å². The second-order valence-corrected chi connectivity index (χ2v) is 15.0. The number of nitro groups is 1. The molecule has 1 atom stereocenters. The third-order valence-electron chi connectivity index (χ3n) is 6.92. The van der Waals surface area contributed by atoms with Gasteiger partial charge < -0.3 is 19.1 Å². The van der Waals surface area contributed by atoms with E-state index in [-0.39, 0.29) is 12.3 Å². The Morgan fingerprint density at radius 2 is 1.72 bits per heavy atom. The highest BCUT2D eigenvalue weighted by molar-refractivity contribution is 9.10. The number of carbonyl (C=O) groups is 2. The molecule has 2 aromatic rings. The Balaban J connectivity index is 1.75. The van der Waals surface area contributed by atoms with Crippen LogP contribution >= 0.6 is 31.9 Å². The van der Waals surface area contributed by atoms with Crippen molar-refractivity contribution in [1.82, 2.24) is 0 Å². The average molecular weight is 666 g/mol. The summed E-state index contributed by atoms with van der Waals surface area (Å²) in [5.74, 6) is 0.0472. The zero-order chi connectivity index (χ0) is 29.0. The molecule has 0 radical (unpaired) electrons. The van der Waals surface area contributed by atoms with Gasteiger partial charge in [0.25, 0.3) is 5.69 Å². The molecule has 4 rings (SSSR count). The van der Waals surface area contributed by atoms with Gasteiger partial charge >= 0.3 is 11.9 Å². The summed E-state index contributed by atoms with van der Waals surface area (Å²) >= 11 is 6.67. The third-order valence-corrected chi connectivity index (χ3v) is 7.56. The molecule has 1 spiro atoms. The van der Waals surface area contributed by atoms with Gasteiger partial charge in [0.2, 0.25) is 5.72 Å². The number of esters is 2. The minimum atomic E-state index is -1.06. The smallest absolute Gasteiger partial charge is 0.327 e. The maximum absolute atomic E-state index is 12.5. The number of nitro benzene ring substituents is 1. The topological polar surface area (TPSA) is 108 Å². The number of halogens is 2. The van der Waals surface area contributed by atoms with Gasteiger partial charge in [-0.15, -0.1) is 0 Å². The van der Waals surface area contributed by atoms with E-state index in [1.54, 1.807) is 39.8 Å². The van der Waals surface area contributed by atoms with Gasteiger partial charge in [0.05, 0.1) is 16.9 Å². The van der Waals surface area contributed by atoms with Crippen molar-refractivity contribution in [3.8, 4) is 11.5 Å². The Morgan fingerprint density at radius 3 is 2.33 bits per heavy atom. The van der Waals surface area contributed by atoms with Gasteiger partial charge in [-0.25, -0.2) is 0 Å². The summed E-state index contributed by atoms with van der Waals surface area (Å²) in [6.45, 7) is 11.3. The van der Waals surface area contributed by atoms with E-state index in [9.17, 15) is 19.7 Å². The standard InChI is InChI=1S/C28H30Br2N2O7/c1-25(2)20-16-19(38-24(34)27(5,6)30)8-9-21(20)31(13-14-37-23(33)26(3,4)29)28(25)12-11-17-15-18(32(35)36)7-10-22(17)39-28/h7-12,15-16H,13-14H2,1-6H3/t28-/m0/s1. The lowest BCUT2D eigenvalue weighted by Crippen LogP contribution is -2.60. The summed E-state index contributed by atoms with van der Waals surface area (Å²) in [5, 5.41) is 11.3. The molecule has 0 aliphatic carbocycles. The molecule has 0 bridgehead atoms. The van der Waals surface area contributed by atoms with Gasteiger partial charge in [-0.05, 0) is 83.5 Å². The van der Waals surface area contributed by atoms with E-state index in [1.165, 1.54) is 12.1 Å². The van der Waals surface area contributed by atoms with Crippen molar-refractivity contribution in [1.29, 1.82) is 0 Å². The first-order valence-corrected chi connectivity index (χ1v) is 13.9. The largest absolute Gasteiger partial charge is 0.463 e. The summed E-state index contributed by atoms with van der Waals surface area (Å²) in [4.78, 5) is 37.8. The zero-order valence-corrected chi connectivity index (χ0v) is 25.7. The number of benzene rings is 2. The number of ether oxygens (including phenoxy) is 3. The number of rotatable bonds is 7. The Hall–Kier alpha value is -2.92. The highest BCUT2D eigenvalue weighted by Gasteiger charge is 2.59. The SMILES string of the molecule is CC(C)(Br)C(=O)OCCN1c2ccc(OC(=O)C(C)(C)Br)cc2C(C)(C)[C@@]12C=Cc1cc([N+](=O)[O-])ccc1O2. The van der Waals surface area contributed by atoms with Crippen molar-refractivity contribution in [3.63, 3.8) is 0 Å². The zero-order valence-electron chi connectivity index (χ0n) is 22.5. The van der Waals surface area contributed by atoms with Crippen LogP contribution in [0.4, 0.5) is 11.4 Å². The molecule has 9 nitrogen and oxygen atoms in total. The quantitative estimate of drug-likeness (QED) is 0.112. The normalized spacial score (nSPS) is 19.2. The van der Waals surface area contributed by atoms with Gasteiger partial charge in [0.15, 0.2) is 0 Å². The lowest BCUT2D eigenvalue weighted by Gasteiger charge is -2.47. The number of carbonyl (C=O) groups excluding carboxylic acids is 2. The molecule has 0 N–H and O–H groups in total. The molecule has 2 heterocycles. The number of nitrogens with zero attached hydrogens (tertiary/aromatic N) is 2. The average Bonchev–Trinajstić information content (AvgIpc) is 3.00. The monoisotopic (exact) mass is 664 g/mol. The fourth-order valence-corrected chi connectivity index (χ4v) is 4.89. The Labute approximate surface area is 243 Å². The van der Waals surface area contributed by atoms with E-state index in [1.807, 2.05) is 43.0 Å². The summed E-state index contributed by atoms with van der Waals surface area (Å²) in [6, 6.07) is 9.87. The number of hydrogen-bond donors (Lipinski definition) is 0. The molecular weight excluding hydrogens is 636 g/mol. The van der Waals surface area contributed by atoms with Gasteiger partial charge in [-0.1, -0.05) is 31.9 Å². The number of anilines is 1. The molecule has 0 saturated heterocycles. The second-order valence-electron chi connectivity index (χ2n) is 11.0. The fraction of sp³-hybridized carbons (Fsp3) is 0.429. The van der Waals surface area contributed by atoms with Crippen LogP contribution in [0.5, 0.6) is 11.5 Å². The Kier molecular flexibility index (Phi) is 7.40. The molecule has 2 aliphatic heterocycles. The van der Waals surface area contributed by atoms with E-state index >= 15 is 0 Å². The molecule has 39 heavy (non-hydrogen) atoms. The minimum Gasteiger partial charge on any atom is -0.463 e. The van der Waals surface area contributed by atoms with Gasteiger partial charge in [0, 0.05) is 23.4 Å². The summed E-state index contributed by atoms with van der Waals surface area (Å²) in [6.07, 6.45) is 3.69. The van der Waals surface area contributed by atoms with E-state index in [4.69, 9.17) is 14.2 Å². The van der Waals surface area contributed by atoms with Gasteiger partial charge in [-0.2, -0.15) is 0 Å². The van der Waals surface area contributed by atoms with Crippen LogP contribution in [0.25, 0.3) is 6.08 Å². The van der Waals surface area contributed by atoms with E-state index in [2.05, 4.69) is 31.9 Å². The van der Waals surface area contributed by atoms with E-state index in [0.29, 0.717) is 23.6 Å². The molecule has 0 amide bonds. The molecule has 2 aliphatic rings. The first-order chi connectivity index (χ1) is 18.0. The lowest BCUT2D eigenvalue weighted by molar-refractivity contribution is -0.384. The van der Waals surface area contributed by atoms with Crippen LogP contribution in [0.3, 0.4) is 0 Å². The van der Waals surface area contributed by atoms with Crippen LogP contribution in [0.15, 0.2) is 42.5 Å². The van der Waals surface area contributed by atoms with Crippen molar-refractivity contribution < 1.29 is 28.7 Å². The molecular formula is C28H30Br2N2O7. The highest BCUT2D eigenvalue weighted by Crippen LogP contribution is 2.55. The summed E-state index contributed by atoms with van der Waals surface area (Å²) in [7, 11) is 0. The van der Waals surface area contributed by atoms with Crippen LogP contribution in [-0.4, -0.2) is 44.4 Å². The van der Waals surface area contributed by atoms with Crippen LogP contribution in [0, 0.1) is 10.1 Å². The van der Waals surface area contributed by atoms with Crippen molar-refractivity contribution in [2.75, 3.05) is 18.1 Å². The maximum atomic E-state index is 12.5. The number of fused-ring (bicyclic) bond motifs is 2. The predicted molar refractivity (Wildman–Crippen MR) is 155 cm³/mol. The first kappa shape index (κ1) is 29.1. The number of hydrogen-bond acceptors (Lipinski definition) is 8. The Morgan fingerprint density at radius 1 is 1.05 bits per heavy atom. The highest BCUT2D eigenvalue weighted by atomic mass is 79.9. The van der Waals surface area contributed by atoms with Crippen LogP contribution < -0.4 is 14.4 Å². The molecule has 0 fully saturated rings. The van der Waals surface area contributed by atoms with E-state index in [0.717, 1.165) is 11.3 Å². The van der Waals surface area contributed by atoms with Crippen molar-refractivity contribution >= 4 is 61.2 Å². The lowest BCUT2D eigenvalue weighted by atomic mass is 9.76. The summed E-state index contributed by atoms with van der Waals surface area (Å²) < 4.78 is 16.2. The fourth-order valence-electron chi connectivity index (χ4n) is 4.70. The third kappa shape index (κ3) is 5.30. The van der Waals surface area contributed by atoms with Crippen molar-refractivity contribution in [2.24, 2.45) is 0 Å². The number of non-ortho nitro benzene ring substituents is 1. The van der Waals surface area contributed by atoms with Crippen molar-refractivity contribution in [3.05, 3.63) is 63.7 Å². The minimum absolute atomic E-state index is 0.0331. The predicted octanol–water partition coefficient (Wildman–Crippen LogP) is 6.29. The van der Waals surface area contributed by atoms with Crippen molar-refractivity contribution in [2.45, 2.75) is 61.3 Å². The second kappa shape index (κ2) is 9.92. The molecule has 11 heteroatoms. The van der Waals surface area contributed by atoms with Crippen LogP contribution in [-0.2, 0) is 19.7 Å². The Bertz CT molecular complexity index is 1370.